The Morgan fingerprint density at radius 1 is 1.19 bits per heavy atom. The Morgan fingerprint density at radius 3 is 2.65 bits per heavy atom. The summed E-state index contributed by atoms with van der Waals surface area (Å²) in [5.41, 5.74) is 1.26. The zero-order chi connectivity index (χ0) is 18.4. The lowest BCUT2D eigenvalue weighted by atomic mass is 10.3. The van der Waals surface area contributed by atoms with Crippen LogP contribution in [0.5, 0.6) is 0 Å². The van der Waals surface area contributed by atoms with Crippen LogP contribution in [0.4, 0.5) is 0 Å². The molecule has 1 aliphatic rings. The van der Waals surface area contributed by atoms with Gasteiger partial charge >= 0.3 is 5.69 Å². The second kappa shape index (κ2) is 6.40. The van der Waals surface area contributed by atoms with E-state index < -0.39 is 0 Å². The third-order valence-electron chi connectivity index (χ3n) is 5.37. The maximum atomic E-state index is 12.6. The predicted molar refractivity (Wildman–Crippen MR) is 96.9 cm³/mol. The molecular weight excluding hydrogens is 336 g/mol. The lowest BCUT2D eigenvalue weighted by Crippen LogP contribution is -3.14. The quantitative estimate of drug-likeness (QED) is 0.601. The molecule has 1 aliphatic heterocycles. The van der Waals surface area contributed by atoms with E-state index >= 15 is 0 Å². The molecule has 9 heteroatoms. The molecule has 4 rings (SSSR count). The largest absolute Gasteiger partial charge is 0.370 e. The molecular formula is C17H25N6O3+. The van der Waals surface area contributed by atoms with E-state index in [1.807, 2.05) is 17.5 Å². The van der Waals surface area contributed by atoms with Gasteiger partial charge in [0.25, 0.3) is 5.56 Å². The smallest absolute Gasteiger partial charge is 0.332 e. The Balaban J connectivity index is 1.70. The van der Waals surface area contributed by atoms with Gasteiger partial charge in [0, 0.05) is 39.0 Å². The molecule has 3 aromatic rings. The van der Waals surface area contributed by atoms with Crippen LogP contribution in [-0.2, 0) is 25.4 Å². The topological polar surface area (TPSA) is 79.9 Å². The summed E-state index contributed by atoms with van der Waals surface area (Å²) in [5, 5.41) is 0. The summed E-state index contributed by atoms with van der Waals surface area (Å²) < 4.78 is 11.9. The van der Waals surface area contributed by atoms with Crippen molar-refractivity contribution in [3.63, 3.8) is 0 Å². The van der Waals surface area contributed by atoms with E-state index in [0.29, 0.717) is 16.9 Å². The van der Waals surface area contributed by atoms with Gasteiger partial charge in [-0.1, -0.05) is 0 Å². The van der Waals surface area contributed by atoms with Gasteiger partial charge in [-0.2, -0.15) is 4.98 Å². The fourth-order valence-corrected chi connectivity index (χ4v) is 3.80. The van der Waals surface area contributed by atoms with Crippen molar-refractivity contribution >= 4 is 16.9 Å². The van der Waals surface area contributed by atoms with Gasteiger partial charge in [-0.3, -0.25) is 18.3 Å². The predicted octanol–water partition coefficient (Wildman–Crippen LogP) is -1.70. The van der Waals surface area contributed by atoms with E-state index in [4.69, 9.17) is 4.74 Å². The van der Waals surface area contributed by atoms with Crippen LogP contribution in [0.3, 0.4) is 0 Å². The van der Waals surface area contributed by atoms with Crippen molar-refractivity contribution < 1.29 is 9.64 Å². The first-order valence-electron chi connectivity index (χ1n) is 9.04. The number of ether oxygens (including phenoxy) is 1. The average Bonchev–Trinajstić information content (AvgIpc) is 3.15. The summed E-state index contributed by atoms with van der Waals surface area (Å²) in [5.74, 6) is 0.716. The first kappa shape index (κ1) is 17.0. The van der Waals surface area contributed by atoms with Crippen molar-refractivity contribution in [2.24, 2.45) is 14.1 Å². The molecule has 1 N–H and O–H groups in total. The number of imidazole rings is 2. The number of morpholine rings is 1. The number of quaternary nitrogens is 1. The minimum absolute atomic E-state index is 0.314. The second-order valence-corrected chi connectivity index (χ2v) is 7.05. The molecule has 4 heterocycles. The van der Waals surface area contributed by atoms with Crippen LogP contribution in [0, 0.1) is 6.92 Å². The minimum atomic E-state index is -0.359. The molecule has 3 aromatic heterocycles. The van der Waals surface area contributed by atoms with Crippen molar-refractivity contribution in [1.29, 1.82) is 0 Å². The van der Waals surface area contributed by atoms with Gasteiger partial charge < -0.3 is 14.2 Å². The highest BCUT2D eigenvalue weighted by atomic mass is 16.5. The Kier molecular flexibility index (Phi) is 4.20. The average molecular weight is 361 g/mol. The van der Waals surface area contributed by atoms with Crippen molar-refractivity contribution in [1.82, 2.24) is 23.1 Å². The van der Waals surface area contributed by atoms with Crippen LogP contribution in [0.15, 0.2) is 15.8 Å². The van der Waals surface area contributed by atoms with Crippen molar-refractivity contribution in [2.45, 2.75) is 19.9 Å². The third kappa shape index (κ3) is 2.58. The SMILES string of the molecule is Cc1cn2c3c(=O)n(C)c(=O)n(C)c3nc2n1CCC[NH+]1CCOCC1. The molecule has 0 atom stereocenters. The molecule has 1 fully saturated rings. The molecule has 140 valence electrons. The molecule has 0 radical (unpaired) electrons. The number of nitrogens with zero attached hydrogens (tertiary/aromatic N) is 5. The summed E-state index contributed by atoms with van der Waals surface area (Å²) in [4.78, 5) is 30.9. The molecule has 0 saturated carbocycles. The molecule has 9 nitrogen and oxygen atoms in total. The van der Waals surface area contributed by atoms with Crippen LogP contribution in [-0.4, -0.2) is 55.9 Å². The van der Waals surface area contributed by atoms with E-state index in [9.17, 15) is 9.59 Å². The number of fused-ring (bicyclic) bond motifs is 3. The molecule has 0 amide bonds. The third-order valence-corrected chi connectivity index (χ3v) is 5.37. The lowest BCUT2D eigenvalue weighted by molar-refractivity contribution is -0.908. The Bertz CT molecular complexity index is 1080. The first-order valence-corrected chi connectivity index (χ1v) is 9.04. The molecule has 1 saturated heterocycles. The monoisotopic (exact) mass is 361 g/mol. The number of hydrogen-bond donors (Lipinski definition) is 1. The highest BCUT2D eigenvalue weighted by Gasteiger charge is 2.19. The van der Waals surface area contributed by atoms with Crippen molar-refractivity contribution in [3.05, 3.63) is 32.7 Å². The van der Waals surface area contributed by atoms with Gasteiger partial charge in [-0.25, -0.2) is 4.79 Å². The number of nitrogens with one attached hydrogen (secondary N) is 1. The molecule has 26 heavy (non-hydrogen) atoms. The van der Waals surface area contributed by atoms with Gasteiger partial charge in [0.15, 0.2) is 11.2 Å². The molecule has 0 bridgehead atoms. The van der Waals surface area contributed by atoms with Crippen LogP contribution < -0.4 is 16.1 Å². The second-order valence-electron chi connectivity index (χ2n) is 7.05. The Labute approximate surface area is 150 Å². The Morgan fingerprint density at radius 2 is 1.92 bits per heavy atom. The van der Waals surface area contributed by atoms with Gasteiger partial charge in [0.2, 0.25) is 5.78 Å². The fraction of sp³-hybridized carbons (Fsp3) is 0.588. The zero-order valence-electron chi connectivity index (χ0n) is 15.5. The zero-order valence-corrected chi connectivity index (χ0v) is 15.5. The van der Waals surface area contributed by atoms with E-state index in [1.165, 1.54) is 11.6 Å². The maximum absolute atomic E-state index is 12.6. The summed E-state index contributed by atoms with van der Waals surface area (Å²) in [6.07, 6.45) is 2.96. The molecule has 0 spiro atoms. The summed E-state index contributed by atoms with van der Waals surface area (Å²) in [6, 6.07) is 0. The normalized spacial score (nSPS) is 16.1. The lowest BCUT2D eigenvalue weighted by Gasteiger charge is -2.23. The number of rotatable bonds is 4. The Hall–Kier alpha value is -2.39. The van der Waals surface area contributed by atoms with Gasteiger partial charge in [0.05, 0.1) is 19.8 Å². The van der Waals surface area contributed by atoms with Crippen molar-refractivity contribution in [2.75, 3.05) is 32.8 Å². The van der Waals surface area contributed by atoms with Gasteiger partial charge in [-0.15, -0.1) is 0 Å². The van der Waals surface area contributed by atoms with Crippen molar-refractivity contribution in [3.8, 4) is 0 Å². The van der Waals surface area contributed by atoms with Gasteiger partial charge in [0.1, 0.15) is 13.1 Å². The molecule has 0 aliphatic carbocycles. The van der Waals surface area contributed by atoms with E-state index in [1.54, 1.807) is 11.9 Å². The number of aromatic nitrogens is 5. The number of hydrogen-bond acceptors (Lipinski definition) is 4. The number of aryl methyl sites for hydroxylation is 3. The van der Waals surface area contributed by atoms with E-state index in [2.05, 4.69) is 9.55 Å². The standard InChI is InChI=1S/C17H24N6O3/c1-12-11-23-13-14(19(2)17(25)20(3)15(13)24)18-16(23)22(12)6-4-5-21-7-9-26-10-8-21/h11H,4-10H2,1-3H3/p+1. The summed E-state index contributed by atoms with van der Waals surface area (Å²) in [6.45, 7) is 7.75. The minimum Gasteiger partial charge on any atom is -0.370 e. The maximum Gasteiger partial charge on any atom is 0.332 e. The van der Waals surface area contributed by atoms with E-state index in [0.717, 1.165) is 56.1 Å². The highest BCUT2D eigenvalue weighted by molar-refractivity contribution is 5.75. The van der Waals surface area contributed by atoms with Crippen LogP contribution in [0.25, 0.3) is 16.9 Å². The highest BCUT2D eigenvalue weighted by Crippen LogP contribution is 2.16. The van der Waals surface area contributed by atoms with Gasteiger partial charge in [-0.05, 0) is 6.92 Å². The summed E-state index contributed by atoms with van der Waals surface area (Å²) >= 11 is 0. The first-order chi connectivity index (χ1) is 12.5. The van der Waals surface area contributed by atoms with Crippen LogP contribution >= 0.6 is 0 Å². The van der Waals surface area contributed by atoms with E-state index in [-0.39, 0.29) is 11.2 Å². The fourth-order valence-electron chi connectivity index (χ4n) is 3.80. The molecule has 0 unspecified atom stereocenters. The summed E-state index contributed by atoms with van der Waals surface area (Å²) in [7, 11) is 3.15. The van der Waals surface area contributed by atoms with Crippen LogP contribution in [0.2, 0.25) is 0 Å². The molecule has 0 aromatic carbocycles. The van der Waals surface area contributed by atoms with Crippen LogP contribution in [0.1, 0.15) is 12.1 Å².